The molecule has 0 atom stereocenters. The normalized spacial score (nSPS) is 11.4. The van der Waals surface area contributed by atoms with Crippen LogP contribution in [0.25, 0.3) is 0 Å². The van der Waals surface area contributed by atoms with Gasteiger partial charge in [-0.2, -0.15) is 0 Å². The van der Waals surface area contributed by atoms with E-state index in [0.29, 0.717) is 11.5 Å². The van der Waals surface area contributed by atoms with Gasteiger partial charge in [0.25, 0.3) is 0 Å². The first kappa shape index (κ1) is 14.4. The van der Waals surface area contributed by atoms with Gasteiger partial charge >= 0.3 is 0 Å². The molecule has 5 heteroatoms. The van der Waals surface area contributed by atoms with Gasteiger partial charge in [-0.05, 0) is 41.9 Å². The maximum Gasteiger partial charge on any atom is 0.107 e. The zero-order chi connectivity index (χ0) is 13.2. The van der Waals surface area contributed by atoms with Crippen LogP contribution in [0.1, 0.15) is 19.4 Å². The van der Waals surface area contributed by atoms with E-state index in [-0.39, 0.29) is 0 Å². The number of anilines is 1. The van der Waals surface area contributed by atoms with Crippen molar-refractivity contribution in [3.05, 3.63) is 28.2 Å². The molecule has 1 rings (SSSR count). The lowest BCUT2D eigenvalue weighted by Gasteiger charge is -2.29. The maximum absolute atomic E-state index is 9.83. The van der Waals surface area contributed by atoms with E-state index in [1.54, 1.807) is 13.8 Å². The highest BCUT2D eigenvalue weighted by molar-refractivity contribution is 9.10. The smallest absolute Gasteiger partial charge is 0.107 e. The second kappa shape index (κ2) is 5.33. The molecule has 0 heterocycles. The second-order valence-electron chi connectivity index (χ2n) is 4.67. The molecule has 3 nitrogen and oxygen atoms in total. The Bertz CT molecular complexity index is 429. The zero-order valence-corrected chi connectivity index (χ0v) is 12.6. The highest BCUT2D eigenvalue weighted by Crippen LogP contribution is 2.27. The van der Waals surface area contributed by atoms with Gasteiger partial charge in [0.2, 0.25) is 0 Å². The summed E-state index contributed by atoms with van der Waals surface area (Å²) < 4.78 is 0.866. The predicted octanol–water partition coefficient (Wildman–Crippen LogP) is 2.29. The molecule has 0 radical (unpaired) electrons. The molecule has 17 heavy (non-hydrogen) atoms. The van der Waals surface area contributed by atoms with Crippen molar-refractivity contribution in [1.29, 1.82) is 0 Å². The summed E-state index contributed by atoms with van der Waals surface area (Å²) in [6, 6.07) is 5.75. The molecule has 3 N–H and O–H groups in total. The SMILES string of the molecule is CN(CC(C)(C)O)c1cccc(Br)c1C(N)=S. The molecular weight excluding hydrogens is 300 g/mol. The Morgan fingerprint density at radius 1 is 1.53 bits per heavy atom. The molecule has 0 saturated carbocycles. The van der Waals surface area contributed by atoms with E-state index in [9.17, 15) is 5.11 Å². The van der Waals surface area contributed by atoms with Gasteiger partial charge in [-0.1, -0.05) is 18.3 Å². The third-order valence-electron chi connectivity index (χ3n) is 2.27. The Labute approximate surface area is 116 Å². The Balaban J connectivity index is 3.13. The van der Waals surface area contributed by atoms with Crippen LogP contribution in [0.3, 0.4) is 0 Å². The van der Waals surface area contributed by atoms with E-state index in [1.807, 2.05) is 30.1 Å². The third-order valence-corrected chi connectivity index (χ3v) is 3.14. The van der Waals surface area contributed by atoms with Gasteiger partial charge in [0.1, 0.15) is 4.99 Å². The highest BCUT2D eigenvalue weighted by atomic mass is 79.9. The molecule has 0 saturated heterocycles. The molecule has 0 aliphatic carbocycles. The van der Waals surface area contributed by atoms with Crippen molar-refractivity contribution >= 4 is 38.8 Å². The summed E-state index contributed by atoms with van der Waals surface area (Å²) in [4.78, 5) is 2.29. The lowest BCUT2D eigenvalue weighted by atomic mass is 10.1. The molecule has 0 aliphatic rings. The van der Waals surface area contributed by atoms with E-state index in [2.05, 4.69) is 15.9 Å². The van der Waals surface area contributed by atoms with Crippen molar-refractivity contribution in [3.8, 4) is 0 Å². The molecule has 1 aromatic carbocycles. The van der Waals surface area contributed by atoms with Crippen LogP contribution in [0.4, 0.5) is 5.69 Å². The van der Waals surface area contributed by atoms with Gasteiger partial charge in [0, 0.05) is 29.3 Å². The van der Waals surface area contributed by atoms with Gasteiger partial charge in [-0.15, -0.1) is 0 Å². The first-order valence-corrected chi connectivity index (χ1v) is 6.44. The minimum atomic E-state index is -0.773. The summed E-state index contributed by atoms with van der Waals surface area (Å²) in [6.07, 6.45) is 0. The van der Waals surface area contributed by atoms with Gasteiger partial charge in [0.05, 0.1) is 5.60 Å². The standard InChI is InChI=1S/C12H17BrN2OS/c1-12(2,16)7-15(3)9-6-4-5-8(13)10(9)11(14)17/h4-6,16H,7H2,1-3H3,(H2,14,17). The van der Waals surface area contributed by atoms with Crippen LogP contribution >= 0.6 is 28.1 Å². The van der Waals surface area contributed by atoms with Crippen LogP contribution in [0, 0.1) is 0 Å². The third kappa shape index (κ3) is 3.94. The zero-order valence-electron chi connectivity index (χ0n) is 10.2. The molecule has 0 spiro atoms. The number of likely N-dealkylation sites (N-methyl/N-ethyl adjacent to an activating group) is 1. The monoisotopic (exact) mass is 316 g/mol. The average molecular weight is 317 g/mol. The molecule has 0 bridgehead atoms. The van der Waals surface area contributed by atoms with E-state index < -0.39 is 5.60 Å². The van der Waals surface area contributed by atoms with Crippen LogP contribution in [0.2, 0.25) is 0 Å². The lowest BCUT2D eigenvalue weighted by molar-refractivity contribution is 0.0886. The molecule has 94 valence electrons. The number of nitrogens with two attached hydrogens (primary N) is 1. The van der Waals surface area contributed by atoms with E-state index in [1.165, 1.54) is 0 Å². The highest BCUT2D eigenvalue weighted by Gasteiger charge is 2.19. The van der Waals surface area contributed by atoms with E-state index in [4.69, 9.17) is 18.0 Å². The second-order valence-corrected chi connectivity index (χ2v) is 5.96. The Hall–Kier alpha value is -0.650. The summed E-state index contributed by atoms with van der Waals surface area (Å²) >= 11 is 8.50. The minimum absolute atomic E-state index is 0.343. The Morgan fingerprint density at radius 3 is 2.59 bits per heavy atom. The Morgan fingerprint density at radius 2 is 2.12 bits per heavy atom. The molecule has 0 fully saturated rings. The van der Waals surface area contributed by atoms with Crippen LogP contribution in [0.15, 0.2) is 22.7 Å². The van der Waals surface area contributed by atoms with Gasteiger partial charge in [-0.3, -0.25) is 0 Å². The predicted molar refractivity (Wildman–Crippen MR) is 79.6 cm³/mol. The van der Waals surface area contributed by atoms with Crippen LogP contribution in [0.5, 0.6) is 0 Å². The fourth-order valence-electron chi connectivity index (χ4n) is 1.74. The van der Waals surface area contributed by atoms with Crippen molar-refractivity contribution in [3.63, 3.8) is 0 Å². The molecule has 0 unspecified atom stereocenters. The number of aliphatic hydroxyl groups is 1. The quantitative estimate of drug-likeness (QED) is 0.837. The molecular formula is C12H17BrN2OS. The van der Waals surface area contributed by atoms with Crippen molar-refractivity contribution < 1.29 is 5.11 Å². The van der Waals surface area contributed by atoms with Crippen molar-refractivity contribution in [2.75, 3.05) is 18.5 Å². The largest absolute Gasteiger partial charge is 0.389 e. The van der Waals surface area contributed by atoms with Crippen molar-refractivity contribution in [1.82, 2.24) is 0 Å². The first-order chi connectivity index (χ1) is 7.72. The summed E-state index contributed by atoms with van der Waals surface area (Å²) in [6.45, 7) is 4.03. The average Bonchev–Trinajstić information content (AvgIpc) is 2.13. The summed E-state index contributed by atoms with van der Waals surface area (Å²) in [5, 5.41) is 9.83. The molecule has 0 aliphatic heterocycles. The number of thiocarbonyl (C=S) groups is 1. The molecule has 0 aromatic heterocycles. The topological polar surface area (TPSA) is 49.5 Å². The molecule has 0 amide bonds. The first-order valence-electron chi connectivity index (χ1n) is 5.24. The van der Waals surface area contributed by atoms with Gasteiger partial charge in [0.15, 0.2) is 0 Å². The summed E-state index contributed by atoms with van der Waals surface area (Å²) in [7, 11) is 1.90. The number of rotatable bonds is 4. The van der Waals surface area contributed by atoms with Crippen LogP contribution in [-0.2, 0) is 0 Å². The maximum atomic E-state index is 9.83. The van der Waals surface area contributed by atoms with E-state index in [0.717, 1.165) is 15.7 Å². The van der Waals surface area contributed by atoms with Crippen molar-refractivity contribution in [2.45, 2.75) is 19.4 Å². The fraction of sp³-hybridized carbons (Fsp3) is 0.417. The summed E-state index contributed by atoms with van der Waals surface area (Å²) in [5.74, 6) is 0. The number of halogens is 1. The van der Waals surface area contributed by atoms with Crippen molar-refractivity contribution in [2.24, 2.45) is 5.73 Å². The van der Waals surface area contributed by atoms with Crippen LogP contribution < -0.4 is 10.6 Å². The van der Waals surface area contributed by atoms with Gasteiger partial charge < -0.3 is 15.7 Å². The van der Waals surface area contributed by atoms with E-state index >= 15 is 0 Å². The molecule has 1 aromatic rings. The fourth-order valence-corrected chi connectivity index (χ4v) is 2.66. The Kier molecular flexibility index (Phi) is 4.52. The number of benzene rings is 1. The number of hydrogen-bond acceptors (Lipinski definition) is 3. The minimum Gasteiger partial charge on any atom is -0.389 e. The lowest BCUT2D eigenvalue weighted by Crippen LogP contribution is -2.37. The number of nitrogens with zero attached hydrogens (tertiary/aromatic N) is 1. The summed E-state index contributed by atoms with van der Waals surface area (Å²) in [5.41, 5.74) is 6.67. The number of hydrogen-bond donors (Lipinski definition) is 2. The van der Waals surface area contributed by atoms with Crippen LogP contribution in [-0.4, -0.2) is 29.3 Å². The van der Waals surface area contributed by atoms with Gasteiger partial charge in [-0.25, -0.2) is 0 Å².